The van der Waals surface area contributed by atoms with Gasteiger partial charge in [-0.1, -0.05) is 79.1 Å². The van der Waals surface area contributed by atoms with E-state index in [2.05, 4.69) is 21.3 Å². The lowest BCUT2D eigenvalue weighted by atomic mass is 9.98. The molecular weight excluding hydrogens is 1300 g/mol. The summed E-state index contributed by atoms with van der Waals surface area (Å²) in [5.74, 6) is -12.9. The summed E-state index contributed by atoms with van der Waals surface area (Å²) in [7, 11) is 5.56. The molecule has 99 heavy (non-hydrogen) atoms. The molecule has 0 spiro atoms. The molecule has 536 valence electrons. The van der Waals surface area contributed by atoms with Crippen LogP contribution < -0.4 is 37.2 Å². The second-order valence-corrected chi connectivity index (χ2v) is 28.0. The Balaban J connectivity index is 1.28. The Morgan fingerprint density at radius 2 is 1.09 bits per heavy atom. The monoisotopic (exact) mass is 1390 g/mol. The van der Waals surface area contributed by atoms with E-state index in [4.69, 9.17) is 40.9 Å². The molecule has 4 saturated heterocycles. The summed E-state index contributed by atoms with van der Waals surface area (Å²) in [4.78, 5) is 202. The van der Waals surface area contributed by atoms with E-state index in [-0.39, 0.29) is 66.3 Å². The third kappa shape index (κ3) is 15.7. The van der Waals surface area contributed by atoms with Gasteiger partial charge in [0.25, 0.3) is 11.8 Å². The van der Waals surface area contributed by atoms with Crippen molar-refractivity contribution in [3.63, 3.8) is 0 Å². The normalized spacial score (nSPS) is 24.9. The fourth-order valence-corrected chi connectivity index (χ4v) is 13.3. The van der Waals surface area contributed by atoms with Gasteiger partial charge in [-0.2, -0.15) is 0 Å². The van der Waals surface area contributed by atoms with Crippen LogP contribution >= 0.6 is 11.6 Å². The van der Waals surface area contributed by atoms with Crippen molar-refractivity contribution in [2.75, 3.05) is 60.1 Å². The lowest BCUT2D eigenvalue weighted by molar-refractivity contribution is -0.163. The quantitative estimate of drug-likeness (QED) is 0.0818. The second kappa shape index (κ2) is 30.8. The van der Waals surface area contributed by atoms with Crippen molar-refractivity contribution < 1.29 is 76.2 Å². The number of halogens is 1. The number of hydrogen-bond donors (Lipinski definition) is 5. The number of cyclic esters (lactones) is 2. The molecule has 8 rings (SSSR count). The summed E-state index contributed by atoms with van der Waals surface area (Å²) in [5, 5.41) is 11.2. The molecule has 6 N–H and O–H groups in total. The molecule has 10 atom stereocenters. The molecule has 30 heteroatoms. The van der Waals surface area contributed by atoms with Crippen LogP contribution in [0.1, 0.15) is 132 Å². The van der Waals surface area contributed by atoms with Crippen LogP contribution in [0.5, 0.6) is 5.75 Å². The minimum absolute atomic E-state index is 0.00308. The lowest BCUT2D eigenvalue weighted by Crippen LogP contribution is -2.61. The minimum Gasteiger partial charge on any atom is -0.488 e. The van der Waals surface area contributed by atoms with Crippen molar-refractivity contribution in [1.29, 1.82) is 0 Å². The summed E-state index contributed by atoms with van der Waals surface area (Å²) in [6, 6.07) is -3.09. The number of nitrogen functional groups attached to an aromatic ring is 1. The van der Waals surface area contributed by atoms with Crippen molar-refractivity contribution in [1.82, 2.24) is 55.7 Å². The summed E-state index contributed by atoms with van der Waals surface area (Å²) < 4.78 is 25.0. The van der Waals surface area contributed by atoms with Crippen molar-refractivity contribution in [2.45, 2.75) is 176 Å². The van der Waals surface area contributed by atoms with E-state index in [1.807, 2.05) is 0 Å². The van der Waals surface area contributed by atoms with Crippen LogP contribution in [0.3, 0.4) is 0 Å². The maximum atomic E-state index is 15.7. The molecule has 2 aromatic rings. The minimum atomic E-state index is -1.93. The largest absolute Gasteiger partial charge is 0.488 e. The summed E-state index contributed by atoms with van der Waals surface area (Å²) in [6.07, 6.45) is -1.83. The SMILES string of the molecule is Cc1c2oc3c(C)c(OCc4ccc(Cl)cc4)cc(C(=O)N[C@@H]4C(=O)N[C@H](C(C)C)C(=O)N5CCC[C@@H]5C(=O)N(C)CC(=O)N(C)[C@@H](C(C)C)C(=O)O[C@@H]4C)c3nc-2c(C(=O)N[C@H]2C(=O)N[C@@H](C(C)C)C(=O)N3CCC[C@H]3C(=O)N(C)CC(=O)N(C)[C@H](C(C)C)C(=O)O[C@H]2C)c(N)c1=O. The Bertz CT molecular complexity index is 3890. The van der Waals surface area contributed by atoms with Crippen LogP contribution in [0.4, 0.5) is 5.69 Å². The van der Waals surface area contributed by atoms with E-state index in [1.165, 1.54) is 74.6 Å². The number of ether oxygens (including phenoxy) is 3. The van der Waals surface area contributed by atoms with Crippen molar-refractivity contribution in [3.05, 3.63) is 73.4 Å². The van der Waals surface area contributed by atoms with E-state index >= 15 is 19.2 Å². The fraction of sp³-hybridized carbons (Fsp3) is 0.565. The van der Waals surface area contributed by atoms with E-state index in [0.717, 1.165) is 9.80 Å². The van der Waals surface area contributed by atoms with Crippen LogP contribution in [-0.2, 0) is 64.0 Å². The lowest BCUT2D eigenvalue weighted by Gasteiger charge is -2.36. The first kappa shape index (κ1) is 75.4. The number of carbonyl (C=O) groups excluding carboxylic acids is 12. The molecule has 29 nitrogen and oxygen atoms in total. The smallest absolute Gasteiger partial charge is 0.329 e. The van der Waals surface area contributed by atoms with E-state index < -0.39 is 196 Å². The van der Waals surface area contributed by atoms with Crippen molar-refractivity contribution >= 4 is 99.4 Å². The number of anilines is 1. The molecule has 1 aliphatic carbocycles. The predicted octanol–water partition coefficient (Wildman–Crippen LogP) is 2.96. The molecule has 0 radical (unpaired) electrons. The van der Waals surface area contributed by atoms with Crippen LogP contribution in [0.2, 0.25) is 5.02 Å². The van der Waals surface area contributed by atoms with Gasteiger partial charge in [-0.3, -0.25) is 52.7 Å². The first-order valence-electron chi connectivity index (χ1n) is 33.3. The number of fused-ring (bicyclic) bond motifs is 4. The van der Waals surface area contributed by atoms with Crippen LogP contribution in [0.15, 0.2) is 39.5 Å². The molecule has 10 amide bonds. The number of aromatic nitrogens is 1. The summed E-state index contributed by atoms with van der Waals surface area (Å²) >= 11 is 6.22. The number of nitrogens with zero attached hydrogens (tertiary/aromatic N) is 7. The van der Waals surface area contributed by atoms with E-state index in [9.17, 15) is 43.2 Å². The van der Waals surface area contributed by atoms with Gasteiger partial charge in [-0.15, -0.1) is 0 Å². The third-order valence-electron chi connectivity index (χ3n) is 19.0. The number of hydrogen-bond acceptors (Lipinski definition) is 19. The number of amides is 10. The molecule has 0 saturated carbocycles. The van der Waals surface area contributed by atoms with Gasteiger partial charge in [-0.25, -0.2) is 14.6 Å². The van der Waals surface area contributed by atoms with E-state index in [1.54, 1.807) is 86.6 Å². The van der Waals surface area contributed by atoms with Gasteiger partial charge >= 0.3 is 11.9 Å². The van der Waals surface area contributed by atoms with Gasteiger partial charge in [0, 0.05) is 57.4 Å². The van der Waals surface area contributed by atoms with Gasteiger partial charge in [0.05, 0.1) is 29.9 Å². The highest BCUT2D eigenvalue weighted by atomic mass is 35.5. The third-order valence-corrected chi connectivity index (χ3v) is 19.2. The molecule has 6 aliphatic rings. The van der Waals surface area contributed by atoms with Gasteiger partial charge in [0.15, 0.2) is 11.3 Å². The Morgan fingerprint density at radius 1 is 0.646 bits per heavy atom. The molecule has 5 heterocycles. The Hall–Kier alpha value is -9.41. The molecule has 0 unspecified atom stereocenters. The molecule has 5 aliphatic heterocycles. The topological polar surface area (TPSA) is 369 Å². The maximum Gasteiger partial charge on any atom is 0.329 e. The molecule has 4 fully saturated rings. The molecule has 0 bridgehead atoms. The maximum absolute atomic E-state index is 15.7. The number of nitrogens with one attached hydrogen (secondary N) is 4. The van der Waals surface area contributed by atoms with Crippen molar-refractivity contribution in [3.8, 4) is 17.2 Å². The number of rotatable bonds is 11. The zero-order valence-electron chi connectivity index (χ0n) is 58.9. The zero-order chi connectivity index (χ0) is 73.2. The van der Waals surface area contributed by atoms with Crippen LogP contribution in [-0.4, -0.2) is 220 Å². The number of benzene rings is 3. The average Bonchev–Trinajstić information content (AvgIpc) is 1.18. The highest BCUT2D eigenvalue weighted by molar-refractivity contribution is 6.30. The first-order valence-corrected chi connectivity index (χ1v) is 33.7. The molecular formula is C69H91ClN12O17. The molecule has 2 aromatic carbocycles. The van der Waals surface area contributed by atoms with Crippen molar-refractivity contribution in [2.24, 2.45) is 23.7 Å². The summed E-state index contributed by atoms with van der Waals surface area (Å²) in [5.41, 5.74) is 3.57. The van der Waals surface area contributed by atoms with Gasteiger partial charge < -0.3 is 75.0 Å². The zero-order valence-corrected chi connectivity index (χ0v) is 59.6. The second-order valence-electron chi connectivity index (χ2n) is 27.6. The standard InChI is InChI=1S/C69H91ClN12O17/c1-31(2)49-66(92)81-25-17-19-42(81)64(90)77(13)28-45(83)79(15)55(33(5)6)68(94)97-37(11)51(62(88)73-49)75-60(86)41-27-44(96-30-39-21-23-40(70)24-22-39)35(9)58-53(41)72-54-47(48(71)57(85)36(10)59(54)99-58)61(87)76-52-38(12)98-69(95)56(34(7)8)80(16)46(84)29-78(14)65(91)43-20-18-26-82(43)67(93)50(32(3)4)74-63(52)89/h21-24,27,31-34,37-38,42-43,49-52,55-56H,17-20,25-26,28-30,71H2,1-16H3,(H,73,88)(H,74,89)(H,75,86)(H,76,87)/t37-,38+,42-,43+,49-,50+,51+,52-,55+,56-/m1/s1. The first-order chi connectivity index (χ1) is 46.5. The summed E-state index contributed by atoms with van der Waals surface area (Å²) in [6.45, 7) is 18.0. The molecule has 0 aromatic heterocycles. The van der Waals surface area contributed by atoms with Gasteiger partial charge in [0.2, 0.25) is 52.7 Å². The van der Waals surface area contributed by atoms with E-state index in [0.29, 0.717) is 23.4 Å². The van der Waals surface area contributed by atoms with Gasteiger partial charge in [0.1, 0.15) is 84.1 Å². The average molecular weight is 1400 g/mol. The Kier molecular flexibility index (Phi) is 23.4. The number of esters is 2. The Labute approximate surface area is 579 Å². The number of aryl methyl sites for hydroxylation is 1. The predicted molar refractivity (Wildman–Crippen MR) is 361 cm³/mol. The fourth-order valence-electron chi connectivity index (χ4n) is 13.2. The number of likely N-dealkylation sites (N-methyl/N-ethyl adjacent to an activating group) is 4. The Morgan fingerprint density at radius 3 is 1.53 bits per heavy atom. The van der Waals surface area contributed by atoms with Crippen LogP contribution in [0.25, 0.3) is 22.6 Å². The number of carbonyl (C=O) groups is 12. The van der Waals surface area contributed by atoms with Gasteiger partial charge in [-0.05, 0) is 101 Å². The highest BCUT2D eigenvalue weighted by Gasteiger charge is 2.47. The number of nitrogens with two attached hydrogens (primary N) is 1. The van der Waals surface area contributed by atoms with Crippen LogP contribution in [0, 0.1) is 37.5 Å². The highest BCUT2D eigenvalue weighted by Crippen LogP contribution is 2.38.